The van der Waals surface area contributed by atoms with Crippen LogP contribution in [0.5, 0.6) is 0 Å². The number of rotatable bonds is 7. The van der Waals surface area contributed by atoms with Crippen molar-refractivity contribution in [3.63, 3.8) is 0 Å². The summed E-state index contributed by atoms with van der Waals surface area (Å²) in [4.78, 5) is 0. The molecule has 0 bridgehead atoms. The summed E-state index contributed by atoms with van der Waals surface area (Å²) in [6, 6.07) is 0.479. The van der Waals surface area contributed by atoms with Crippen LogP contribution in [0.1, 0.15) is 39.0 Å². The van der Waals surface area contributed by atoms with Gasteiger partial charge in [-0.1, -0.05) is 13.3 Å². The van der Waals surface area contributed by atoms with Crippen LogP contribution in [-0.2, 0) is 10.2 Å². The maximum absolute atomic E-state index is 11.8. The fourth-order valence-corrected chi connectivity index (χ4v) is 3.00. The van der Waals surface area contributed by atoms with Gasteiger partial charge in [0.1, 0.15) is 0 Å². The van der Waals surface area contributed by atoms with E-state index in [2.05, 4.69) is 10.0 Å². The first-order valence-corrected chi connectivity index (χ1v) is 7.94. The van der Waals surface area contributed by atoms with E-state index >= 15 is 0 Å². The van der Waals surface area contributed by atoms with Crippen LogP contribution in [0.2, 0.25) is 0 Å². The molecule has 1 unspecified atom stereocenters. The van der Waals surface area contributed by atoms with E-state index in [1.807, 2.05) is 6.92 Å². The lowest BCUT2D eigenvalue weighted by Crippen LogP contribution is -2.42. The highest BCUT2D eigenvalue weighted by molar-refractivity contribution is 7.87. The van der Waals surface area contributed by atoms with Gasteiger partial charge in [-0.15, -0.1) is 0 Å². The third-order valence-corrected chi connectivity index (χ3v) is 4.72. The van der Waals surface area contributed by atoms with E-state index in [0.29, 0.717) is 19.1 Å². The Morgan fingerprint density at radius 1 is 1.41 bits per heavy atom. The van der Waals surface area contributed by atoms with E-state index < -0.39 is 10.2 Å². The minimum Gasteiger partial charge on any atom is -0.314 e. The average molecular weight is 263 g/mol. The van der Waals surface area contributed by atoms with Gasteiger partial charge in [0.05, 0.1) is 0 Å². The first-order valence-electron chi connectivity index (χ1n) is 6.50. The SMILES string of the molecule is CCCNS(=O)(=O)N(C)CCC1CCCCN1. The molecule has 0 aromatic heterocycles. The van der Waals surface area contributed by atoms with Crippen LogP contribution >= 0.6 is 0 Å². The van der Waals surface area contributed by atoms with Crippen molar-refractivity contribution in [3.05, 3.63) is 0 Å². The zero-order valence-corrected chi connectivity index (χ0v) is 11.7. The molecule has 0 aromatic carbocycles. The first-order chi connectivity index (χ1) is 8.06. The fraction of sp³-hybridized carbons (Fsp3) is 1.00. The summed E-state index contributed by atoms with van der Waals surface area (Å²) in [5.74, 6) is 0. The van der Waals surface area contributed by atoms with Crippen LogP contribution < -0.4 is 10.0 Å². The van der Waals surface area contributed by atoms with E-state index in [1.165, 1.54) is 17.1 Å². The summed E-state index contributed by atoms with van der Waals surface area (Å²) in [5, 5.41) is 3.43. The maximum atomic E-state index is 11.8. The number of nitrogens with zero attached hydrogens (tertiary/aromatic N) is 1. The van der Waals surface area contributed by atoms with E-state index in [4.69, 9.17) is 0 Å². The average Bonchev–Trinajstić information content (AvgIpc) is 2.34. The second kappa shape index (κ2) is 7.31. The van der Waals surface area contributed by atoms with Gasteiger partial charge in [0, 0.05) is 26.2 Å². The largest absolute Gasteiger partial charge is 0.314 e. The Bertz CT molecular complexity index is 300. The van der Waals surface area contributed by atoms with Crippen molar-refractivity contribution in [1.29, 1.82) is 0 Å². The molecule has 1 saturated heterocycles. The molecule has 5 nitrogen and oxygen atoms in total. The minimum absolute atomic E-state index is 0.479. The molecule has 6 heteroatoms. The van der Waals surface area contributed by atoms with E-state index in [9.17, 15) is 8.42 Å². The third-order valence-electron chi connectivity index (χ3n) is 3.15. The Morgan fingerprint density at radius 3 is 2.76 bits per heavy atom. The van der Waals surface area contributed by atoms with Crippen molar-refractivity contribution in [2.75, 3.05) is 26.7 Å². The molecule has 1 rings (SSSR count). The third kappa shape index (κ3) is 5.33. The van der Waals surface area contributed by atoms with Gasteiger partial charge in [-0.25, -0.2) is 4.72 Å². The highest BCUT2D eigenvalue weighted by Crippen LogP contribution is 2.10. The molecule has 1 aliphatic heterocycles. The van der Waals surface area contributed by atoms with Crippen LogP contribution in [0.15, 0.2) is 0 Å². The highest BCUT2D eigenvalue weighted by Gasteiger charge is 2.19. The lowest BCUT2D eigenvalue weighted by atomic mass is 10.0. The lowest BCUT2D eigenvalue weighted by Gasteiger charge is -2.25. The highest BCUT2D eigenvalue weighted by atomic mass is 32.2. The molecule has 0 spiro atoms. The van der Waals surface area contributed by atoms with Gasteiger partial charge in [0.2, 0.25) is 0 Å². The maximum Gasteiger partial charge on any atom is 0.279 e. The lowest BCUT2D eigenvalue weighted by molar-refractivity contribution is 0.350. The van der Waals surface area contributed by atoms with Gasteiger partial charge in [-0.2, -0.15) is 12.7 Å². The fourth-order valence-electron chi connectivity index (χ4n) is 1.97. The van der Waals surface area contributed by atoms with Crippen LogP contribution in [0.4, 0.5) is 0 Å². The molecule has 0 radical (unpaired) electrons. The van der Waals surface area contributed by atoms with Crippen molar-refractivity contribution < 1.29 is 8.42 Å². The summed E-state index contributed by atoms with van der Waals surface area (Å²) in [6.45, 7) is 4.11. The molecule has 1 atom stereocenters. The first kappa shape index (κ1) is 14.9. The predicted octanol–water partition coefficient (Wildman–Crippen LogP) is 0.695. The predicted molar refractivity (Wildman–Crippen MR) is 70.1 cm³/mol. The summed E-state index contributed by atoms with van der Waals surface area (Å²) in [5.41, 5.74) is 0. The Morgan fingerprint density at radius 2 is 2.18 bits per heavy atom. The Kier molecular flexibility index (Phi) is 6.40. The topological polar surface area (TPSA) is 61.4 Å². The van der Waals surface area contributed by atoms with Crippen LogP contribution in [0.3, 0.4) is 0 Å². The van der Waals surface area contributed by atoms with E-state index in [0.717, 1.165) is 25.8 Å². The Balaban J connectivity index is 2.29. The molecule has 0 aliphatic carbocycles. The molecule has 1 aliphatic rings. The molecule has 1 fully saturated rings. The van der Waals surface area contributed by atoms with Gasteiger partial charge in [0.25, 0.3) is 10.2 Å². The van der Waals surface area contributed by atoms with E-state index in [1.54, 1.807) is 7.05 Å². The summed E-state index contributed by atoms with van der Waals surface area (Å²) in [6.07, 6.45) is 5.36. The van der Waals surface area contributed by atoms with Crippen molar-refractivity contribution >= 4 is 10.2 Å². The van der Waals surface area contributed by atoms with Crippen molar-refractivity contribution in [3.8, 4) is 0 Å². The van der Waals surface area contributed by atoms with Crippen molar-refractivity contribution in [2.45, 2.75) is 45.1 Å². The zero-order valence-electron chi connectivity index (χ0n) is 10.9. The molecule has 17 heavy (non-hydrogen) atoms. The van der Waals surface area contributed by atoms with Crippen molar-refractivity contribution in [1.82, 2.24) is 14.3 Å². The smallest absolute Gasteiger partial charge is 0.279 e. The van der Waals surface area contributed by atoms with Crippen molar-refractivity contribution in [2.24, 2.45) is 0 Å². The monoisotopic (exact) mass is 263 g/mol. The van der Waals surface area contributed by atoms with Crippen LogP contribution in [0, 0.1) is 0 Å². The summed E-state index contributed by atoms with van der Waals surface area (Å²) < 4.78 is 27.5. The zero-order chi connectivity index (χ0) is 12.7. The number of piperidine rings is 1. The second-order valence-electron chi connectivity index (χ2n) is 4.66. The minimum atomic E-state index is -3.27. The second-order valence-corrected chi connectivity index (χ2v) is 6.52. The van der Waals surface area contributed by atoms with Gasteiger partial charge in [-0.3, -0.25) is 0 Å². The van der Waals surface area contributed by atoms with E-state index in [-0.39, 0.29) is 0 Å². The van der Waals surface area contributed by atoms with Gasteiger partial charge >= 0.3 is 0 Å². The van der Waals surface area contributed by atoms with Crippen LogP contribution in [-0.4, -0.2) is 45.4 Å². The normalized spacial score (nSPS) is 21.9. The van der Waals surface area contributed by atoms with Gasteiger partial charge in [-0.05, 0) is 32.2 Å². The van der Waals surface area contributed by atoms with Gasteiger partial charge in [0.15, 0.2) is 0 Å². The number of hydrogen-bond acceptors (Lipinski definition) is 3. The molecular formula is C11H25N3O2S. The van der Waals surface area contributed by atoms with Gasteiger partial charge < -0.3 is 5.32 Å². The number of hydrogen-bond donors (Lipinski definition) is 2. The Labute approximate surface area is 105 Å². The summed E-state index contributed by atoms with van der Waals surface area (Å²) >= 11 is 0. The number of nitrogens with one attached hydrogen (secondary N) is 2. The summed E-state index contributed by atoms with van der Waals surface area (Å²) in [7, 11) is -1.63. The van der Waals surface area contributed by atoms with Crippen LogP contribution in [0.25, 0.3) is 0 Å². The quantitative estimate of drug-likeness (QED) is 0.710. The Hall–Kier alpha value is -0.170. The standard InChI is InChI=1S/C11H25N3O2S/c1-3-8-13-17(15,16)14(2)10-7-11-6-4-5-9-12-11/h11-13H,3-10H2,1-2H3. The molecular weight excluding hydrogens is 238 g/mol. The molecule has 1 heterocycles. The molecule has 0 aromatic rings. The molecule has 0 saturated carbocycles. The molecule has 0 amide bonds. The molecule has 2 N–H and O–H groups in total. The molecule has 102 valence electrons.